The number of sulfonamides is 1. The number of amides is 1. The van der Waals surface area contributed by atoms with E-state index in [0.717, 1.165) is 4.47 Å². The number of ether oxygens (including phenoxy) is 1. The normalized spacial score (nSPS) is 10.9. The molecule has 0 aromatic heterocycles. The van der Waals surface area contributed by atoms with E-state index in [0.29, 0.717) is 16.9 Å². The Kier molecular flexibility index (Phi) is 6.53. The molecule has 0 fully saturated rings. The quantitative estimate of drug-likeness (QED) is 0.503. The van der Waals surface area contributed by atoms with Crippen LogP contribution in [0.2, 0.25) is 0 Å². The number of rotatable bonds is 6. The highest BCUT2D eigenvalue weighted by Crippen LogP contribution is 2.20. The summed E-state index contributed by atoms with van der Waals surface area (Å²) in [6.07, 6.45) is 0. The first-order valence-corrected chi connectivity index (χ1v) is 10.9. The minimum absolute atomic E-state index is 0.0425. The molecule has 0 radical (unpaired) electrons. The van der Waals surface area contributed by atoms with Crippen LogP contribution in [0.3, 0.4) is 0 Å². The standard InChI is InChI=1S/C21H17BrN2O5S/c1-29-21(26)14-5-9-17(10-6-14)23-20(25)15-3-2-4-19(13-15)30(27,28)24-18-11-7-16(22)8-12-18/h2-13,24H,1H3,(H,23,25). The lowest BCUT2D eigenvalue weighted by atomic mass is 10.2. The number of methoxy groups -OCH3 is 1. The fraction of sp³-hybridized carbons (Fsp3) is 0.0476. The predicted octanol–water partition coefficient (Wildman–Crippen LogP) is 4.29. The first-order chi connectivity index (χ1) is 14.3. The summed E-state index contributed by atoms with van der Waals surface area (Å²) in [5, 5.41) is 2.67. The molecule has 9 heteroatoms. The summed E-state index contributed by atoms with van der Waals surface area (Å²) in [7, 11) is -2.59. The van der Waals surface area contributed by atoms with Crippen molar-refractivity contribution in [1.29, 1.82) is 0 Å². The highest BCUT2D eigenvalue weighted by Gasteiger charge is 2.17. The van der Waals surface area contributed by atoms with Crippen molar-refractivity contribution in [2.24, 2.45) is 0 Å². The highest BCUT2D eigenvalue weighted by atomic mass is 79.9. The second kappa shape index (κ2) is 9.10. The van der Waals surface area contributed by atoms with Gasteiger partial charge in [-0.1, -0.05) is 22.0 Å². The topological polar surface area (TPSA) is 102 Å². The fourth-order valence-electron chi connectivity index (χ4n) is 2.55. The summed E-state index contributed by atoms with van der Waals surface area (Å²) < 4.78 is 33.2. The Morgan fingerprint density at radius 3 is 2.13 bits per heavy atom. The minimum atomic E-state index is -3.87. The van der Waals surface area contributed by atoms with Crippen molar-refractivity contribution in [2.75, 3.05) is 17.1 Å². The lowest BCUT2D eigenvalue weighted by Gasteiger charge is -2.10. The number of halogens is 1. The summed E-state index contributed by atoms with van der Waals surface area (Å²) in [6.45, 7) is 0. The molecule has 0 aliphatic heterocycles. The van der Waals surface area contributed by atoms with E-state index in [1.54, 1.807) is 36.4 Å². The number of carbonyl (C=O) groups excluding carboxylic acids is 2. The molecule has 2 N–H and O–H groups in total. The van der Waals surface area contributed by atoms with E-state index in [2.05, 4.69) is 30.7 Å². The second-order valence-electron chi connectivity index (χ2n) is 6.16. The third-order valence-electron chi connectivity index (χ3n) is 4.07. The van der Waals surface area contributed by atoms with E-state index in [-0.39, 0.29) is 10.5 Å². The fourth-order valence-corrected chi connectivity index (χ4v) is 3.92. The maximum atomic E-state index is 12.7. The smallest absolute Gasteiger partial charge is 0.337 e. The van der Waals surface area contributed by atoms with Crippen LogP contribution < -0.4 is 10.0 Å². The molecule has 3 rings (SSSR count). The van der Waals surface area contributed by atoms with Crippen LogP contribution in [-0.4, -0.2) is 27.4 Å². The van der Waals surface area contributed by atoms with Gasteiger partial charge in [-0.2, -0.15) is 0 Å². The maximum absolute atomic E-state index is 12.7. The van der Waals surface area contributed by atoms with Crippen molar-refractivity contribution < 1.29 is 22.7 Å². The van der Waals surface area contributed by atoms with Gasteiger partial charge in [-0.3, -0.25) is 9.52 Å². The molecule has 0 aliphatic carbocycles. The Morgan fingerprint density at radius 1 is 0.867 bits per heavy atom. The number of esters is 1. The number of hydrogen-bond acceptors (Lipinski definition) is 5. The highest BCUT2D eigenvalue weighted by molar-refractivity contribution is 9.10. The van der Waals surface area contributed by atoms with Gasteiger partial charge in [-0.25, -0.2) is 13.2 Å². The van der Waals surface area contributed by atoms with E-state index >= 15 is 0 Å². The van der Waals surface area contributed by atoms with Crippen molar-refractivity contribution in [1.82, 2.24) is 0 Å². The second-order valence-corrected chi connectivity index (χ2v) is 8.76. The molecule has 0 unspecified atom stereocenters. The van der Waals surface area contributed by atoms with E-state index in [1.165, 1.54) is 43.5 Å². The predicted molar refractivity (Wildman–Crippen MR) is 117 cm³/mol. The van der Waals surface area contributed by atoms with Crippen molar-refractivity contribution in [3.63, 3.8) is 0 Å². The number of carbonyl (C=O) groups is 2. The van der Waals surface area contributed by atoms with Gasteiger partial charge in [0.1, 0.15) is 0 Å². The Morgan fingerprint density at radius 2 is 1.50 bits per heavy atom. The Labute approximate surface area is 182 Å². The lowest BCUT2D eigenvalue weighted by molar-refractivity contribution is 0.0600. The number of anilines is 2. The van der Waals surface area contributed by atoms with E-state index < -0.39 is 21.9 Å². The van der Waals surface area contributed by atoms with Crippen LogP contribution >= 0.6 is 15.9 Å². The molecule has 1 amide bonds. The molecule has 154 valence electrons. The molecule has 0 atom stereocenters. The van der Waals surface area contributed by atoms with Crippen LogP contribution in [-0.2, 0) is 14.8 Å². The van der Waals surface area contributed by atoms with Gasteiger partial charge in [-0.05, 0) is 66.7 Å². The SMILES string of the molecule is COC(=O)c1ccc(NC(=O)c2cccc(S(=O)(=O)Nc3ccc(Br)cc3)c2)cc1. The summed E-state index contributed by atoms with van der Waals surface area (Å²) in [5.74, 6) is -0.967. The molecule has 0 saturated heterocycles. The maximum Gasteiger partial charge on any atom is 0.337 e. The first kappa shape index (κ1) is 21.5. The van der Waals surface area contributed by atoms with Crippen LogP contribution in [0.4, 0.5) is 11.4 Å². The zero-order valence-corrected chi connectivity index (χ0v) is 18.2. The summed E-state index contributed by atoms with van der Waals surface area (Å²) in [4.78, 5) is 24.0. The van der Waals surface area contributed by atoms with Gasteiger partial charge in [0.15, 0.2) is 0 Å². The summed E-state index contributed by atoms with van der Waals surface area (Å²) in [5.41, 5.74) is 1.38. The van der Waals surface area contributed by atoms with E-state index in [1.807, 2.05) is 0 Å². The average Bonchev–Trinajstić information content (AvgIpc) is 2.75. The minimum Gasteiger partial charge on any atom is -0.465 e. The molecule has 0 bridgehead atoms. The number of nitrogens with one attached hydrogen (secondary N) is 2. The number of hydrogen-bond donors (Lipinski definition) is 2. The lowest BCUT2D eigenvalue weighted by Crippen LogP contribution is -2.16. The zero-order valence-electron chi connectivity index (χ0n) is 15.8. The Balaban J connectivity index is 1.76. The van der Waals surface area contributed by atoms with Gasteiger partial charge in [0, 0.05) is 21.4 Å². The van der Waals surface area contributed by atoms with Crippen LogP contribution in [0.5, 0.6) is 0 Å². The molecule has 3 aromatic carbocycles. The Bertz CT molecular complexity index is 1180. The van der Waals surface area contributed by atoms with Gasteiger partial charge in [-0.15, -0.1) is 0 Å². The van der Waals surface area contributed by atoms with Crippen molar-refractivity contribution in [2.45, 2.75) is 4.90 Å². The summed E-state index contributed by atoms with van der Waals surface area (Å²) in [6, 6.07) is 18.5. The van der Waals surface area contributed by atoms with Crippen molar-refractivity contribution >= 4 is 49.2 Å². The van der Waals surface area contributed by atoms with E-state index in [4.69, 9.17) is 0 Å². The van der Waals surface area contributed by atoms with Gasteiger partial charge in [0.2, 0.25) is 0 Å². The zero-order chi connectivity index (χ0) is 21.7. The van der Waals surface area contributed by atoms with Crippen molar-refractivity contribution in [3.05, 3.63) is 88.4 Å². The Hall–Kier alpha value is -3.17. The molecule has 0 heterocycles. The van der Waals surface area contributed by atoms with E-state index in [9.17, 15) is 18.0 Å². The van der Waals surface area contributed by atoms with Crippen LogP contribution in [0.1, 0.15) is 20.7 Å². The van der Waals surface area contributed by atoms with Crippen LogP contribution in [0.25, 0.3) is 0 Å². The average molecular weight is 489 g/mol. The summed E-state index contributed by atoms with van der Waals surface area (Å²) >= 11 is 3.29. The van der Waals surface area contributed by atoms with Gasteiger partial charge < -0.3 is 10.1 Å². The molecular formula is C21H17BrN2O5S. The third kappa shape index (κ3) is 5.25. The first-order valence-electron chi connectivity index (χ1n) is 8.67. The van der Waals surface area contributed by atoms with Crippen LogP contribution in [0.15, 0.2) is 82.2 Å². The molecule has 0 saturated carbocycles. The molecule has 30 heavy (non-hydrogen) atoms. The largest absolute Gasteiger partial charge is 0.465 e. The third-order valence-corrected chi connectivity index (χ3v) is 5.97. The molecule has 0 aliphatic rings. The van der Waals surface area contributed by atoms with Gasteiger partial charge in [0.05, 0.1) is 17.6 Å². The molecular weight excluding hydrogens is 472 g/mol. The van der Waals surface area contributed by atoms with Gasteiger partial charge in [0.25, 0.3) is 15.9 Å². The van der Waals surface area contributed by atoms with Crippen molar-refractivity contribution in [3.8, 4) is 0 Å². The van der Waals surface area contributed by atoms with Crippen LogP contribution in [0, 0.1) is 0 Å². The molecule has 0 spiro atoms. The molecule has 3 aromatic rings. The monoisotopic (exact) mass is 488 g/mol. The van der Waals surface area contributed by atoms with Gasteiger partial charge >= 0.3 is 5.97 Å². The molecule has 7 nitrogen and oxygen atoms in total. The number of benzene rings is 3.